The van der Waals surface area contributed by atoms with Crippen LogP contribution in [0.3, 0.4) is 0 Å². The normalized spacial score (nSPS) is 11.6. The number of hydrogen-bond acceptors (Lipinski definition) is 4. The monoisotopic (exact) mass is 317 g/mol. The number of aromatic nitrogens is 2. The first-order valence-corrected chi connectivity index (χ1v) is 7.49. The van der Waals surface area contributed by atoms with E-state index in [9.17, 15) is 17.2 Å². The largest absolute Gasteiger partial charge is 0.435 e. The summed E-state index contributed by atoms with van der Waals surface area (Å²) in [7, 11) is -3.76. The van der Waals surface area contributed by atoms with E-state index in [0.717, 1.165) is 0 Å². The van der Waals surface area contributed by atoms with Crippen LogP contribution in [0.4, 0.5) is 14.5 Å². The first-order chi connectivity index (χ1) is 9.90. The topological polar surface area (TPSA) is 73.2 Å². The molecule has 0 saturated carbocycles. The number of alkyl halides is 2. The fraction of sp³-hybridized carbons (Fsp3) is 0.250. The Labute approximate surface area is 120 Å². The van der Waals surface area contributed by atoms with Gasteiger partial charge in [-0.05, 0) is 31.2 Å². The molecule has 0 aliphatic heterocycles. The van der Waals surface area contributed by atoms with Crippen LogP contribution < -0.4 is 9.46 Å². The zero-order chi connectivity index (χ0) is 15.5. The molecule has 1 aromatic heterocycles. The maximum absolute atomic E-state index is 12.1. The van der Waals surface area contributed by atoms with Gasteiger partial charge in [-0.3, -0.25) is 9.40 Å². The zero-order valence-electron chi connectivity index (χ0n) is 11.0. The van der Waals surface area contributed by atoms with Crippen molar-refractivity contribution in [1.82, 2.24) is 9.78 Å². The number of nitrogens with one attached hydrogen (secondary N) is 1. The maximum atomic E-state index is 12.1. The first-order valence-electron chi connectivity index (χ1n) is 6.01. The summed E-state index contributed by atoms with van der Waals surface area (Å²) in [5.74, 6) is -0.0493. The molecular weight excluding hydrogens is 304 g/mol. The molecular formula is C12H13F2N3O3S. The van der Waals surface area contributed by atoms with Gasteiger partial charge in [0.05, 0.1) is 6.20 Å². The number of nitrogens with zero attached hydrogens (tertiary/aromatic N) is 2. The van der Waals surface area contributed by atoms with E-state index in [4.69, 9.17) is 0 Å². The van der Waals surface area contributed by atoms with Gasteiger partial charge < -0.3 is 4.74 Å². The summed E-state index contributed by atoms with van der Waals surface area (Å²) in [5, 5.41) is 3.88. The second-order valence-corrected chi connectivity index (χ2v) is 5.72. The van der Waals surface area contributed by atoms with E-state index in [-0.39, 0.29) is 16.3 Å². The summed E-state index contributed by atoms with van der Waals surface area (Å²) in [5.41, 5.74) is 0.237. The summed E-state index contributed by atoms with van der Waals surface area (Å²) in [6, 6.07) is 5.16. The molecule has 1 heterocycles. The minimum absolute atomic E-state index is 0.0252. The van der Waals surface area contributed by atoms with Gasteiger partial charge in [0.1, 0.15) is 10.6 Å². The van der Waals surface area contributed by atoms with Crippen molar-refractivity contribution in [2.75, 3.05) is 4.72 Å². The van der Waals surface area contributed by atoms with Crippen molar-refractivity contribution in [3.8, 4) is 5.75 Å². The van der Waals surface area contributed by atoms with Crippen molar-refractivity contribution in [1.29, 1.82) is 0 Å². The summed E-state index contributed by atoms with van der Waals surface area (Å²) >= 11 is 0. The predicted octanol–water partition coefficient (Wildman–Crippen LogP) is 2.31. The third kappa shape index (κ3) is 3.91. The molecule has 0 radical (unpaired) electrons. The number of ether oxygens (including phenoxy) is 1. The van der Waals surface area contributed by atoms with E-state index in [0.29, 0.717) is 6.54 Å². The highest BCUT2D eigenvalue weighted by molar-refractivity contribution is 7.92. The van der Waals surface area contributed by atoms with Crippen LogP contribution in [0.15, 0.2) is 41.6 Å². The minimum Gasteiger partial charge on any atom is -0.435 e. The molecule has 2 aromatic rings. The highest BCUT2D eigenvalue weighted by Crippen LogP contribution is 2.20. The summed E-state index contributed by atoms with van der Waals surface area (Å²) in [6.45, 7) is -0.541. The molecule has 0 unspecified atom stereocenters. The second kappa shape index (κ2) is 6.08. The quantitative estimate of drug-likeness (QED) is 0.887. The lowest BCUT2D eigenvalue weighted by Gasteiger charge is -2.08. The highest BCUT2D eigenvalue weighted by Gasteiger charge is 2.16. The molecule has 0 aliphatic rings. The predicted molar refractivity (Wildman–Crippen MR) is 71.8 cm³/mol. The highest BCUT2D eigenvalue weighted by atomic mass is 32.2. The Morgan fingerprint density at radius 3 is 2.52 bits per heavy atom. The smallest absolute Gasteiger partial charge is 0.387 e. The molecule has 2 rings (SSSR count). The Hall–Kier alpha value is -2.16. The van der Waals surface area contributed by atoms with Gasteiger partial charge in [0.2, 0.25) is 0 Å². The third-order valence-corrected chi connectivity index (χ3v) is 3.91. The number of aryl methyl sites for hydroxylation is 1. The standard InChI is InChI=1S/C12H13F2N3O3S/c1-2-17-8-11(7-15-17)21(18,19)16-9-3-5-10(6-4-9)20-12(13)14/h3-8,12,16H,2H2,1H3. The molecule has 0 spiro atoms. The van der Waals surface area contributed by atoms with Gasteiger partial charge in [0.15, 0.2) is 0 Å². The van der Waals surface area contributed by atoms with E-state index in [2.05, 4.69) is 14.6 Å². The van der Waals surface area contributed by atoms with Crippen LogP contribution in [0.2, 0.25) is 0 Å². The number of anilines is 1. The van der Waals surface area contributed by atoms with Gasteiger partial charge in [-0.25, -0.2) is 8.42 Å². The van der Waals surface area contributed by atoms with Gasteiger partial charge in [-0.15, -0.1) is 0 Å². The average Bonchev–Trinajstić information content (AvgIpc) is 2.90. The Balaban J connectivity index is 2.13. The molecule has 1 aromatic carbocycles. The maximum Gasteiger partial charge on any atom is 0.387 e. The summed E-state index contributed by atoms with van der Waals surface area (Å²) < 4.78 is 56.2. The van der Waals surface area contributed by atoms with E-state index >= 15 is 0 Å². The molecule has 114 valence electrons. The average molecular weight is 317 g/mol. The Bertz CT molecular complexity index is 699. The fourth-order valence-corrected chi connectivity index (χ4v) is 2.59. The zero-order valence-corrected chi connectivity index (χ0v) is 11.8. The molecule has 0 amide bonds. The molecule has 9 heteroatoms. The van der Waals surface area contributed by atoms with Gasteiger partial charge in [0, 0.05) is 18.4 Å². The lowest BCUT2D eigenvalue weighted by atomic mass is 10.3. The first kappa shape index (κ1) is 15.2. The van der Waals surface area contributed by atoms with Crippen LogP contribution in [0.1, 0.15) is 6.92 Å². The van der Waals surface area contributed by atoms with Crippen LogP contribution in [0, 0.1) is 0 Å². The van der Waals surface area contributed by atoms with Crippen LogP contribution in [-0.4, -0.2) is 24.8 Å². The molecule has 21 heavy (non-hydrogen) atoms. The van der Waals surface area contributed by atoms with Crippen LogP contribution >= 0.6 is 0 Å². The molecule has 0 atom stereocenters. The van der Waals surface area contributed by atoms with E-state index in [1.807, 2.05) is 6.92 Å². The van der Waals surface area contributed by atoms with Gasteiger partial charge in [0.25, 0.3) is 10.0 Å². The Morgan fingerprint density at radius 2 is 2.00 bits per heavy atom. The molecule has 6 nitrogen and oxygen atoms in total. The second-order valence-electron chi connectivity index (χ2n) is 4.04. The van der Waals surface area contributed by atoms with Crippen LogP contribution in [0.25, 0.3) is 0 Å². The number of halogens is 2. The lowest BCUT2D eigenvalue weighted by molar-refractivity contribution is -0.0498. The lowest BCUT2D eigenvalue weighted by Crippen LogP contribution is -2.12. The van der Waals surface area contributed by atoms with Crippen LogP contribution in [-0.2, 0) is 16.6 Å². The van der Waals surface area contributed by atoms with Crippen molar-refractivity contribution in [2.45, 2.75) is 25.0 Å². The third-order valence-electron chi connectivity index (χ3n) is 2.58. The Kier molecular flexibility index (Phi) is 4.41. The Morgan fingerprint density at radius 1 is 1.33 bits per heavy atom. The molecule has 0 aliphatic carbocycles. The fourth-order valence-electron chi connectivity index (χ4n) is 1.57. The van der Waals surface area contributed by atoms with Crippen molar-refractivity contribution < 1.29 is 21.9 Å². The molecule has 0 saturated heterocycles. The molecule has 0 fully saturated rings. The van der Waals surface area contributed by atoms with Gasteiger partial charge in [-0.2, -0.15) is 13.9 Å². The van der Waals surface area contributed by atoms with Gasteiger partial charge >= 0.3 is 6.61 Å². The van der Waals surface area contributed by atoms with Crippen molar-refractivity contribution in [2.24, 2.45) is 0 Å². The van der Waals surface area contributed by atoms with Crippen molar-refractivity contribution in [3.05, 3.63) is 36.7 Å². The van der Waals surface area contributed by atoms with Crippen molar-refractivity contribution >= 4 is 15.7 Å². The number of rotatable bonds is 6. The number of hydrogen-bond donors (Lipinski definition) is 1. The summed E-state index contributed by atoms with van der Waals surface area (Å²) in [6.07, 6.45) is 2.64. The van der Waals surface area contributed by atoms with Crippen LogP contribution in [0.5, 0.6) is 5.75 Å². The molecule has 1 N–H and O–H groups in total. The SMILES string of the molecule is CCn1cc(S(=O)(=O)Nc2ccc(OC(F)F)cc2)cn1. The van der Waals surface area contributed by atoms with Crippen molar-refractivity contribution in [3.63, 3.8) is 0 Å². The minimum atomic E-state index is -3.76. The van der Waals surface area contributed by atoms with E-state index < -0.39 is 16.6 Å². The molecule has 0 bridgehead atoms. The van der Waals surface area contributed by atoms with Gasteiger partial charge in [-0.1, -0.05) is 0 Å². The number of sulfonamides is 1. The summed E-state index contributed by atoms with van der Waals surface area (Å²) in [4.78, 5) is 0.0252. The van der Waals surface area contributed by atoms with E-state index in [1.54, 1.807) is 0 Å². The van der Waals surface area contributed by atoms with E-state index in [1.165, 1.54) is 41.3 Å². The number of benzene rings is 1.